The first kappa shape index (κ1) is 19.2. The van der Waals surface area contributed by atoms with Gasteiger partial charge in [-0.1, -0.05) is 20.8 Å². The van der Waals surface area contributed by atoms with Crippen LogP contribution in [-0.4, -0.2) is 33.7 Å². The van der Waals surface area contributed by atoms with E-state index in [0.29, 0.717) is 10.7 Å². The minimum atomic E-state index is -0.889. The summed E-state index contributed by atoms with van der Waals surface area (Å²) in [7, 11) is 0. The highest BCUT2D eigenvalue weighted by Gasteiger charge is 2.27. The number of hydrogen-bond donors (Lipinski definition) is 3. The van der Waals surface area contributed by atoms with Gasteiger partial charge < -0.3 is 5.32 Å². The number of thiophene rings is 1. The topological polar surface area (TPSA) is 113 Å². The Bertz CT molecular complexity index is 941. The molecule has 2 aromatic rings. The summed E-state index contributed by atoms with van der Waals surface area (Å²) in [6.07, 6.45) is 1.76. The molecule has 0 spiro atoms. The zero-order valence-electron chi connectivity index (χ0n) is 16.0. The molecule has 0 radical (unpaired) electrons. The van der Waals surface area contributed by atoms with Crippen molar-refractivity contribution in [2.75, 3.05) is 0 Å². The standard InChI is InChI=1S/C18H23N5O3S/c1-8-11-9(2)19-17(18(3,4)5)21-16(11)27-12(8)13(24)22-23-15(26)14(25)20-10-6-7-10/h10H,6-7H2,1-5H3,(H,20,25)(H,22,24)(H,23,26). The number of rotatable bonds is 2. The van der Waals surface area contributed by atoms with Crippen molar-refractivity contribution in [1.82, 2.24) is 26.1 Å². The molecule has 1 aliphatic carbocycles. The fourth-order valence-corrected chi connectivity index (χ4v) is 3.72. The molecule has 3 rings (SSSR count). The van der Waals surface area contributed by atoms with Crippen molar-refractivity contribution >= 4 is 39.3 Å². The molecule has 0 aliphatic heterocycles. The normalized spacial score (nSPS) is 14.1. The smallest absolute Gasteiger partial charge is 0.327 e. The molecule has 27 heavy (non-hydrogen) atoms. The highest BCUT2D eigenvalue weighted by Crippen LogP contribution is 2.33. The Morgan fingerprint density at radius 2 is 1.70 bits per heavy atom. The maximum Gasteiger partial charge on any atom is 0.327 e. The number of hydrogen-bond acceptors (Lipinski definition) is 6. The number of nitrogens with one attached hydrogen (secondary N) is 3. The number of aryl methyl sites for hydroxylation is 2. The highest BCUT2D eigenvalue weighted by molar-refractivity contribution is 7.20. The summed E-state index contributed by atoms with van der Waals surface area (Å²) in [6, 6.07) is 0.0716. The number of nitrogens with zero attached hydrogens (tertiary/aromatic N) is 2. The maximum absolute atomic E-state index is 12.5. The van der Waals surface area contributed by atoms with Gasteiger partial charge in [0.1, 0.15) is 10.7 Å². The first-order chi connectivity index (χ1) is 12.6. The zero-order valence-corrected chi connectivity index (χ0v) is 16.8. The number of carbonyl (C=O) groups is 3. The third kappa shape index (κ3) is 4.08. The van der Waals surface area contributed by atoms with Gasteiger partial charge in [-0.05, 0) is 32.3 Å². The van der Waals surface area contributed by atoms with Gasteiger partial charge in [-0.3, -0.25) is 25.2 Å². The van der Waals surface area contributed by atoms with Crippen LogP contribution in [0, 0.1) is 13.8 Å². The molecular weight excluding hydrogens is 366 g/mol. The van der Waals surface area contributed by atoms with E-state index in [0.717, 1.165) is 34.3 Å². The van der Waals surface area contributed by atoms with Gasteiger partial charge in [-0.2, -0.15) is 0 Å². The largest absolute Gasteiger partial charge is 0.345 e. The molecule has 2 heterocycles. The van der Waals surface area contributed by atoms with E-state index in [9.17, 15) is 14.4 Å². The summed E-state index contributed by atoms with van der Waals surface area (Å²) in [6.45, 7) is 9.81. The van der Waals surface area contributed by atoms with Crippen molar-refractivity contribution < 1.29 is 14.4 Å². The Balaban J connectivity index is 1.78. The average Bonchev–Trinajstić information content (AvgIpc) is 3.32. The Morgan fingerprint density at radius 1 is 1.04 bits per heavy atom. The fourth-order valence-electron chi connectivity index (χ4n) is 2.60. The van der Waals surface area contributed by atoms with E-state index in [-0.39, 0.29) is 11.5 Å². The van der Waals surface area contributed by atoms with Gasteiger partial charge in [0.2, 0.25) is 0 Å². The summed E-state index contributed by atoms with van der Waals surface area (Å²) in [4.78, 5) is 46.2. The molecular formula is C18H23N5O3S. The van der Waals surface area contributed by atoms with Gasteiger partial charge in [-0.15, -0.1) is 11.3 Å². The van der Waals surface area contributed by atoms with Crippen molar-refractivity contribution in [2.24, 2.45) is 0 Å². The second-order valence-electron chi connectivity index (χ2n) is 7.77. The fraction of sp³-hybridized carbons (Fsp3) is 0.500. The molecule has 144 valence electrons. The molecule has 9 heteroatoms. The first-order valence-electron chi connectivity index (χ1n) is 8.77. The number of amides is 3. The van der Waals surface area contributed by atoms with Gasteiger partial charge in [0.05, 0.1) is 10.6 Å². The third-order valence-electron chi connectivity index (χ3n) is 4.26. The molecule has 0 atom stereocenters. The number of hydrazine groups is 1. The van der Waals surface area contributed by atoms with Gasteiger partial charge in [-0.25, -0.2) is 9.97 Å². The quantitative estimate of drug-likeness (QED) is 0.534. The van der Waals surface area contributed by atoms with Crippen molar-refractivity contribution in [2.45, 2.75) is 58.9 Å². The molecule has 1 fully saturated rings. The Morgan fingerprint density at radius 3 is 2.30 bits per heavy atom. The number of aromatic nitrogens is 2. The van der Waals surface area contributed by atoms with Crippen LogP contribution in [0.3, 0.4) is 0 Å². The van der Waals surface area contributed by atoms with E-state index >= 15 is 0 Å². The molecule has 0 aromatic carbocycles. The Kier molecular flexibility index (Phi) is 4.90. The van der Waals surface area contributed by atoms with Crippen molar-refractivity contribution in [3.05, 3.63) is 22.0 Å². The molecule has 0 unspecified atom stereocenters. The second kappa shape index (κ2) is 6.88. The predicted molar refractivity (Wildman–Crippen MR) is 102 cm³/mol. The van der Waals surface area contributed by atoms with Crippen LogP contribution >= 0.6 is 11.3 Å². The molecule has 1 aliphatic rings. The predicted octanol–water partition coefficient (Wildman–Crippen LogP) is 1.65. The van der Waals surface area contributed by atoms with Crippen LogP contribution in [0.4, 0.5) is 0 Å². The summed E-state index contributed by atoms with van der Waals surface area (Å²) < 4.78 is 0. The van der Waals surface area contributed by atoms with E-state index in [2.05, 4.69) is 26.1 Å². The lowest BCUT2D eigenvalue weighted by Crippen LogP contribution is -2.48. The van der Waals surface area contributed by atoms with Crippen molar-refractivity contribution in [3.63, 3.8) is 0 Å². The molecule has 0 saturated heterocycles. The van der Waals surface area contributed by atoms with Crippen molar-refractivity contribution in [3.8, 4) is 0 Å². The maximum atomic E-state index is 12.5. The van der Waals surface area contributed by atoms with Crippen molar-refractivity contribution in [1.29, 1.82) is 0 Å². The van der Waals surface area contributed by atoms with E-state index in [1.54, 1.807) is 0 Å². The van der Waals surface area contributed by atoms with Crippen LogP contribution in [0.5, 0.6) is 0 Å². The van der Waals surface area contributed by atoms with E-state index in [1.807, 2.05) is 34.6 Å². The molecule has 0 bridgehead atoms. The SMILES string of the molecule is Cc1nc(C(C)(C)C)nc2sc(C(=O)NNC(=O)C(=O)NC3CC3)c(C)c12. The van der Waals surface area contributed by atoms with E-state index in [4.69, 9.17) is 0 Å². The zero-order chi connectivity index (χ0) is 19.9. The molecule has 1 saturated carbocycles. The summed E-state index contributed by atoms with van der Waals surface area (Å²) in [5, 5.41) is 3.40. The Labute approximate surface area is 161 Å². The van der Waals surface area contributed by atoms with Gasteiger partial charge >= 0.3 is 11.8 Å². The molecule has 3 amide bonds. The average molecular weight is 389 g/mol. The van der Waals surface area contributed by atoms with Gasteiger partial charge in [0.15, 0.2) is 0 Å². The second-order valence-corrected chi connectivity index (χ2v) is 8.77. The lowest BCUT2D eigenvalue weighted by Gasteiger charge is -2.16. The van der Waals surface area contributed by atoms with E-state index < -0.39 is 17.7 Å². The minimum absolute atomic E-state index is 0.0716. The first-order valence-corrected chi connectivity index (χ1v) is 9.59. The highest BCUT2D eigenvalue weighted by atomic mass is 32.1. The van der Waals surface area contributed by atoms with Crippen LogP contribution in [0.2, 0.25) is 0 Å². The molecule has 3 N–H and O–H groups in total. The number of carbonyl (C=O) groups excluding carboxylic acids is 3. The van der Waals surface area contributed by atoms with Crippen LogP contribution in [0.1, 0.15) is 60.4 Å². The summed E-state index contributed by atoms with van der Waals surface area (Å²) in [5.74, 6) is -1.41. The molecule has 2 aromatic heterocycles. The summed E-state index contributed by atoms with van der Waals surface area (Å²) >= 11 is 1.24. The minimum Gasteiger partial charge on any atom is -0.345 e. The van der Waals surface area contributed by atoms with Crippen LogP contribution < -0.4 is 16.2 Å². The van der Waals surface area contributed by atoms with Gasteiger partial charge in [0, 0.05) is 16.8 Å². The third-order valence-corrected chi connectivity index (χ3v) is 5.44. The van der Waals surface area contributed by atoms with Crippen LogP contribution in [0.15, 0.2) is 0 Å². The number of fused-ring (bicyclic) bond motifs is 1. The monoisotopic (exact) mass is 389 g/mol. The Hall–Kier alpha value is -2.55. The van der Waals surface area contributed by atoms with E-state index in [1.165, 1.54) is 11.3 Å². The van der Waals surface area contributed by atoms with Crippen LogP contribution in [0.25, 0.3) is 10.2 Å². The molecule has 8 nitrogen and oxygen atoms in total. The summed E-state index contributed by atoms with van der Waals surface area (Å²) in [5.41, 5.74) is 5.81. The van der Waals surface area contributed by atoms with Gasteiger partial charge in [0.25, 0.3) is 5.91 Å². The van der Waals surface area contributed by atoms with Crippen LogP contribution in [-0.2, 0) is 15.0 Å². The lowest BCUT2D eigenvalue weighted by molar-refractivity contribution is -0.139. The lowest BCUT2D eigenvalue weighted by atomic mass is 9.95.